The van der Waals surface area contributed by atoms with E-state index in [4.69, 9.17) is 18.8 Å². The maximum Gasteiger partial charge on any atom is 0.333 e. The van der Waals surface area contributed by atoms with E-state index in [-0.39, 0.29) is 67.9 Å². The minimum atomic E-state index is -4.68. The van der Waals surface area contributed by atoms with Gasteiger partial charge in [0, 0.05) is 68.7 Å². The molecule has 0 spiro atoms. The van der Waals surface area contributed by atoms with Crippen molar-refractivity contribution >= 4 is 56.8 Å². The Morgan fingerprint density at radius 1 is 0.800 bits per heavy atom. The van der Waals surface area contributed by atoms with Crippen molar-refractivity contribution in [2.45, 2.75) is 88.5 Å². The number of hydroxylamine groups is 4. The van der Waals surface area contributed by atoms with Crippen LogP contribution in [-0.2, 0) is 55.1 Å². The topological polar surface area (TPSA) is 221 Å². The summed E-state index contributed by atoms with van der Waals surface area (Å²) in [4.78, 5) is 83.7. The highest BCUT2D eigenvalue weighted by Crippen LogP contribution is 2.32. The first-order valence-corrected chi connectivity index (χ1v) is 17.5. The SMILES string of the molecule is O=C(CCCCCOc1cc2oc(-c3cc[n+](CCCCCC(=O)ON4C(=O)CCC4=O)cc3)nc2cc1S(=O)(=O)O)ON1C(=O)CCC1=O. The van der Waals surface area contributed by atoms with Crippen molar-refractivity contribution in [3.8, 4) is 17.2 Å². The zero-order valence-electron chi connectivity index (χ0n) is 26.9. The van der Waals surface area contributed by atoms with Gasteiger partial charge in [0.2, 0.25) is 5.89 Å². The van der Waals surface area contributed by atoms with Crippen LogP contribution >= 0.6 is 0 Å². The monoisotopic (exact) mass is 715 g/mol. The predicted octanol–water partition coefficient (Wildman–Crippen LogP) is 2.74. The van der Waals surface area contributed by atoms with Crippen LogP contribution in [0.3, 0.4) is 0 Å². The average Bonchev–Trinajstić information content (AvgIpc) is 3.74. The molecule has 3 aromatic rings. The van der Waals surface area contributed by atoms with E-state index in [1.807, 2.05) is 17.0 Å². The fourth-order valence-corrected chi connectivity index (χ4v) is 5.84. The molecule has 4 heterocycles. The number of oxazole rings is 1. The summed E-state index contributed by atoms with van der Waals surface area (Å²) in [6.45, 7) is 0.700. The fraction of sp³-hybridized carbons (Fsp3) is 0.438. The minimum Gasteiger partial charge on any atom is -0.492 e. The molecule has 2 aliphatic heterocycles. The Labute approximate surface area is 285 Å². The first-order chi connectivity index (χ1) is 23.9. The van der Waals surface area contributed by atoms with E-state index in [0.29, 0.717) is 54.3 Å². The first-order valence-electron chi connectivity index (χ1n) is 16.1. The van der Waals surface area contributed by atoms with Gasteiger partial charge in [-0.1, -0.05) is 0 Å². The van der Waals surface area contributed by atoms with Gasteiger partial charge < -0.3 is 18.8 Å². The smallest absolute Gasteiger partial charge is 0.333 e. The second kappa shape index (κ2) is 16.0. The molecule has 5 rings (SSSR count). The molecule has 1 aromatic carbocycles. The van der Waals surface area contributed by atoms with Gasteiger partial charge in [0.15, 0.2) is 18.0 Å². The summed E-state index contributed by atoms with van der Waals surface area (Å²) in [7, 11) is -4.68. The van der Waals surface area contributed by atoms with Crippen LogP contribution in [0, 0.1) is 0 Å². The Morgan fingerprint density at radius 2 is 1.34 bits per heavy atom. The molecular formula is C32H35N4O13S+. The largest absolute Gasteiger partial charge is 0.492 e. The second-order valence-electron chi connectivity index (χ2n) is 11.6. The molecule has 2 fully saturated rings. The zero-order valence-corrected chi connectivity index (χ0v) is 27.7. The molecule has 0 radical (unpaired) electrons. The Kier molecular flexibility index (Phi) is 11.5. The van der Waals surface area contributed by atoms with Gasteiger partial charge in [0.1, 0.15) is 22.7 Å². The number of aryl methyl sites for hydroxylation is 1. The average molecular weight is 716 g/mol. The van der Waals surface area contributed by atoms with E-state index in [1.165, 1.54) is 6.07 Å². The van der Waals surface area contributed by atoms with Crippen LogP contribution in [0.5, 0.6) is 5.75 Å². The third-order valence-corrected chi connectivity index (χ3v) is 8.72. The van der Waals surface area contributed by atoms with Crippen molar-refractivity contribution in [1.29, 1.82) is 0 Å². The quantitative estimate of drug-likeness (QED) is 0.0919. The summed E-state index contributed by atoms with van der Waals surface area (Å²) in [5.74, 6) is -3.40. The predicted molar refractivity (Wildman–Crippen MR) is 166 cm³/mol. The molecule has 50 heavy (non-hydrogen) atoms. The lowest BCUT2D eigenvalue weighted by molar-refractivity contribution is -0.697. The Balaban J connectivity index is 1.08. The standard InChI is InChI=1S/C32H34N4O13S/c37-26-9-10-27(38)35(26)48-30(41)7-3-1-5-15-34-16-13-21(14-17-34)32-33-22-19-25(50(43,44)45)24(20-23(22)47-32)46-18-6-2-4-8-31(42)49-36-28(39)11-12-29(36)40/h13-14,16-17,19-20H,1-12,15,18H2/p+1. The van der Waals surface area contributed by atoms with Crippen molar-refractivity contribution < 1.29 is 65.1 Å². The summed E-state index contributed by atoms with van der Waals surface area (Å²) >= 11 is 0. The van der Waals surface area contributed by atoms with E-state index >= 15 is 0 Å². The molecule has 0 saturated carbocycles. The van der Waals surface area contributed by atoms with Crippen LogP contribution in [0.2, 0.25) is 0 Å². The number of rotatable bonds is 17. The van der Waals surface area contributed by atoms with Crippen LogP contribution in [-0.4, -0.2) is 70.3 Å². The van der Waals surface area contributed by atoms with Gasteiger partial charge in [0.05, 0.1) is 6.61 Å². The Bertz CT molecular complexity index is 1870. The number of aromatic nitrogens is 2. The molecular weight excluding hydrogens is 680 g/mol. The summed E-state index contributed by atoms with van der Waals surface area (Å²) in [5.41, 5.74) is 1.02. The van der Waals surface area contributed by atoms with Gasteiger partial charge in [-0.3, -0.25) is 23.7 Å². The van der Waals surface area contributed by atoms with Gasteiger partial charge in [-0.25, -0.2) is 19.1 Å². The summed E-state index contributed by atoms with van der Waals surface area (Å²) < 4.78 is 47.5. The number of unbranched alkanes of at least 4 members (excludes halogenated alkanes) is 4. The van der Waals surface area contributed by atoms with Gasteiger partial charge in [-0.15, -0.1) is 10.1 Å². The van der Waals surface area contributed by atoms with E-state index in [2.05, 4.69) is 4.98 Å². The molecule has 0 atom stereocenters. The maximum atomic E-state index is 12.1. The number of hydrogen-bond donors (Lipinski definition) is 1. The number of ether oxygens (including phenoxy) is 1. The molecule has 4 amide bonds. The molecule has 1 N–H and O–H groups in total. The Morgan fingerprint density at radius 3 is 1.88 bits per heavy atom. The zero-order chi connectivity index (χ0) is 35.8. The number of nitrogens with zero attached hydrogens (tertiary/aromatic N) is 4. The van der Waals surface area contributed by atoms with Crippen LogP contribution in [0.15, 0.2) is 46.0 Å². The highest BCUT2D eigenvalue weighted by Gasteiger charge is 2.33. The highest BCUT2D eigenvalue weighted by molar-refractivity contribution is 7.86. The third-order valence-electron chi connectivity index (χ3n) is 7.85. The number of carbonyl (C=O) groups excluding carboxylic acids is 6. The normalized spacial score (nSPS) is 15.0. The molecule has 0 aliphatic carbocycles. The van der Waals surface area contributed by atoms with Crippen molar-refractivity contribution in [1.82, 2.24) is 15.1 Å². The van der Waals surface area contributed by atoms with E-state index in [1.54, 1.807) is 12.1 Å². The highest BCUT2D eigenvalue weighted by atomic mass is 32.2. The summed E-state index contributed by atoms with van der Waals surface area (Å²) in [6.07, 6.45) is 7.02. The number of fused-ring (bicyclic) bond motifs is 1. The maximum absolute atomic E-state index is 12.1. The molecule has 0 unspecified atom stereocenters. The molecule has 2 saturated heterocycles. The van der Waals surface area contributed by atoms with Gasteiger partial charge in [0.25, 0.3) is 33.7 Å². The van der Waals surface area contributed by atoms with Crippen molar-refractivity contribution in [3.63, 3.8) is 0 Å². The van der Waals surface area contributed by atoms with Gasteiger partial charge >= 0.3 is 11.9 Å². The molecule has 2 aromatic heterocycles. The van der Waals surface area contributed by atoms with Crippen LogP contribution in [0.25, 0.3) is 22.6 Å². The van der Waals surface area contributed by atoms with Gasteiger partial charge in [-0.05, 0) is 38.2 Å². The van der Waals surface area contributed by atoms with Crippen LogP contribution in [0.1, 0.15) is 77.0 Å². The molecule has 18 heteroatoms. The lowest BCUT2D eigenvalue weighted by atomic mass is 10.2. The fourth-order valence-electron chi connectivity index (χ4n) is 5.20. The minimum absolute atomic E-state index is 0.00639. The first kappa shape index (κ1) is 36.1. The van der Waals surface area contributed by atoms with Crippen molar-refractivity contribution in [2.75, 3.05) is 6.61 Å². The number of carbonyl (C=O) groups is 6. The third kappa shape index (κ3) is 9.26. The van der Waals surface area contributed by atoms with Crippen molar-refractivity contribution in [3.05, 3.63) is 36.7 Å². The van der Waals surface area contributed by atoms with E-state index in [9.17, 15) is 41.7 Å². The molecule has 0 bridgehead atoms. The van der Waals surface area contributed by atoms with Crippen LogP contribution < -0.4 is 9.30 Å². The number of imide groups is 2. The molecule has 17 nitrogen and oxygen atoms in total. The summed E-state index contributed by atoms with van der Waals surface area (Å²) in [6, 6.07) is 6.02. The number of pyridine rings is 1. The van der Waals surface area contributed by atoms with Crippen LogP contribution in [0.4, 0.5) is 0 Å². The lowest BCUT2D eigenvalue weighted by Gasteiger charge is -2.12. The second-order valence-corrected chi connectivity index (χ2v) is 13.0. The summed E-state index contributed by atoms with van der Waals surface area (Å²) in [5, 5.41) is 1.03. The number of benzene rings is 1. The number of amides is 4. The van der Waals surface area contributed by atoms with Gasteiger partial charge in [-0.2, -0.15) is 8.42 Å². The molecule has 266 valence electrons. The van der Waals surface area contributed by atoms with E-state index in [0.717, 1.165) is 12.5 Å². The Hall–Kier alpha value is -5.23. The van der Waals surface area contributed by atoms with Crippen molar-refractivity contribution in [2.24, 2.45) is 0 Å². The lowest BCUT2D eigenvalue weighted by Crippen LogP contribution is -2.32. The number of hydrogen-bond acceptors (Lipinski definition) is 13. The van der Waals surface area contributed by atoms with E-state index < -0.39 is 50.6 Å². The molecule has 2 aliphatic rings.